The van der Waals surface area contributed by atoms with Gasteiger partial charge in [0.1, 0.15) is 0 Å². The van der Waals surface area contributed by atoms with Gasteiger partial charge in [-0.1, -0.05) is 23.7 Å². The highest BCUT2D eigenvalue weighted by Gasteiger charge is 2.10. The van der Waals surface area contributed by atoms with E-state index in [4.69, 9.17) is 17.3 Å². The molecule has 1 heterocycles. The van der Waals surface area contributed by atoms with Crippen LogP contribution in [0.5, 0.6) is 0 Å². The smallest absolute Gasteiger partial charge is 0.166 e. The number of hydrogen-bond donors (Lipinski definition) is 2. The maximum Gasteiger partial charge on any atom is 0.166 e. The fourth-order valence-corrected chi connectivity index (χ4v) is 1.78. The molecule has 2 rings (SSSR count). The summed E-state index contributed by atoms with van der Waals surface area (Å²) >= 11 is 5.64. The third kappa shape index (κ3) is 2.90. The van der Waals surface area contributed by atoms with Gasteiger partial charge in [-0.25, -0.2) is 9.37 Å². The van der Waals surface area contributed by atoms with Gasteiger partial charge in [0.05, 0.1) is 11.1 Å². The topological polar surface area (TPSA) is 50.9 Å². The van der Waals surface area contributed by atoms with Crippen molar-refractivity contribution in [1.29, 1.82) is 0 Å². The molecule has 2 aromatic rings. The summed E-state index contributed by atoms with van der Waals surface area (Å²) in [5.41, 5.74) is 7.34. The van der Waals surface area contributed by atoms with Gasteiger partial charge in [-0.2, -0.15) is 0 Å². The van der Waals surface area contributed by atoms with Crippen LogP contribution in [0.3, 0.4) is 0 Å². The van der Waals surface area contributed by atoms with E-state index in [2.05, 4.69) is 10.3 Å². The lowest BCUT2D eigenvalue weighted by Gasteiger charge is -2.15. The van der Waals surface area contributed by atoms with Crippen molar-refractivity contribution in [2.24, 2.45) is 0 Å². The second-order valence-electron chi connectivity index (χ2n) is 4.02. The summed E-state index contributed by atoms with van der Waals surface area (Å²) in [5, 5.41) is 3.25. The quantitative estimate of drug-likeness (QED) is 0.833. The summed E-state index contributed by atoms with van der Waals surface area (Å²) in [6, 6.07) is 8.54. The van der Waals surface area contributed by atoms with Crippen molar-refractivity contribution in [2.75, 3.05) is 11.1 Å². The second kappa shape index (κ2) is 5.23. The molecule has 1 aromatic carbocycles. The number of aromatic nitrogens is 1. The highest BCUT2D eigenvalue weighted by molar-refractivity contribution is 6.30. The first-order valence-corrected chi connectivity index (χ1v) is 5.87. The Morgan fingerprint density at radius 3 is 2.83 bits per heavy atom. The van der Waals surface area contributed by atoms with Crippen LogP contribution < -0.4 is 11.1 Å². The molecule has 0 saturated carbocycles. The van der Waals surface area contributed by atoms with E-state index in [0.29, 0.717) is 5.69 Å². The summed E-state index contributed by atoms with van der Waals surface area (Å²) in [7, 11) is 0. The Bertz CT molecular complexity index is 560. The highest BCUT2D eigenvalue weighted by Crippen LogP contribution is 2.22. The van der Waals surface area contributed by atoms with Gasteiger partial charge in [-0.3, -0.25) is 0 Å². The molecule has 1 unspecified atom stereocenters. The zero-order valence-electron chi connectivity index (χ0n) is 9.82. The highest BCUT2D eigenvalue weighted by atomic mass is 35.5. The van der Waals surface area contributed by atoms with Crippen molar-refractivity contribution >= 4 is 23.1 Å². The predicted octanol–water partition coefficient (Wildman–Crippen LogP) is 3.63. The molecule has 3 N–H and O–H groups in total. The van der Waals surface area contributed by atoms with Crippen LogP contribution in [0.4, 0.5) is 15.9 Å². The average molecular weight is 266 g/mol. The van der Waals surface area contributed by atoms with Crippen molar-refractivity contribution in [2.45, 2.75) is 13.0 Å². The van der Waals surface area contributed by atoms with E-state index in [1.54, 1.807) is 6.07 Å². The molecule has 94 valence electrons. The Balaban J connectivity index is 2.18. The number of nitrogens with zero attached hydrogens (tertiary/aromatic N) is 1. The van der Waals surface area contributed by atoms with E-state index in [1.165, 1.54) is 12.3 Å². The number of rotatable bonds is 3. The summed E-state index contributed by atoms with van der Waals surface area (Å²) in [6.07, 6.45) is 1.40. The molecule has 18 heavy (non-hydrogen) atoms. The first-order valence-electron chi connectivity index (χ1n) is 5.49. The van der Waals surface area contributed by atoms with Crippen LogP contribution in [0.25, 0.3) is 0 Å². The van der Waals surface area contributed by atoms with Gasteiger partial charge in [-0.05, 0) is 30.7 Å². The number of halogens is 2. The van der Waals surface area contributed by atoms with Crippen molar-refractivity contribution < 1.29 is 4.39 Å². The van der Waals surface area contributed by atoms with Crippen LogP contribution in [0.1, 0.15) is 18.5 Å². The monoisotopic (exact) mass is 265 g/mol. The Labute approximate surface area is 110 Å². The van der Waals surface area contributed by atoms with Crippen molar-refractivity contribution in [3.63, 3.8) is 0 Å². The Hall–Kier alpha value is -1.81. The van der Waals surface area contributed by atoms with E-state index in [1.807, 2.05) is 25.1 Å². The van der Waals surface area contributed by atoms with E-state index < -0.39 is 5.82 Å². The molecule has 0 bridgehead atoms. The molecular formula is C13H13ClFN3. The minimum absolute atomic E-state index is 0.100. The van der Waals surface area contributed by atoms with Crippen LogP contribution >= 0.6 is 11.6 Å². The summed E-state index contributed by atoms with van der Waals surface area (Å²) < 4.78 is 13.6. The number of pyridine rings is 1. The number of nitrogens with one attached hydrogen (secondary N) is 1. The van der Waals surface area contributed by atoms with Crippen LogP contribution in [-0.4, -0.2) is 4.98 Å². The Kier molecular flexibility index (Phi) is 3.67. The van der Waals surface area contributed by atoms with Crippen LogP contribution in [-0.2, 0) is 0 Å². The fraction of sp³-hybridized carbons (Fsp3) is 0.154. The molecule has 0 saturated heterocycles. The summed E-state index contributed by atoms with van der Waals surface area (Å²) in [6.45, 7) is 1.91. The molecule has 0 aliphatic heterocycles. The largest absolute Gasteiger partial charge is 0.399 e. The first kappa shape index (κ1) is 12.6. The van der Waals surface area contributed by atoms with Crippen LogP contribution in [0, 0.1) is 5.82 Å². The van der Waals surface area contributed by atoms with Crippen LogP contribution in [0.2, 0.25) is 5.02 Å². The molecular weight excluding hydrogens is 253 g/mol. The van der Waals surface area contributed by atoms with Gasteiger partial charge in [0.2, 0.25) is 0 Å². The minimum Gasteiger partial charge on any atom is -0.399 e. The molecule has 0 radical (unpaired) electrons. The first-order chi connectivity index (χ1) is 8.56. The van der Waals surface area contributed by atoms with Crippen molar-refractivity contribution in [3.05, 3.63) is 52.9 Å². The van der Waals surface area contributed by atoms with Gasteiger partial charge in [-0.15, -0.1) is 0 Å². The molecule has 0 amide bonds. The van der Waals surface area contributed by atoms with E-state index in [-0.39, 0.29) is 16.9 Å². The standard InChI is InChI=1S/C13H13ClFN3/c1-8(9-3-2-4-11(16)5-9)18-13-12(15)6-10(14)7-17-13/h2-8H,16H2,1H3,(H,17,18). The lowest BCUT2D eigenvalue weighted by molar-refractivity contribution is 0.621. The van der Waals surface area contributed by atoms with Gasteiger partial charge in [0.25, 0.3) is 0 Å². The predicted molar refractivity (Wildman–Crippen MR) is 72.1 cm³/mol. The SMILES string of the molecule is CC(Nc1ncc(Cl)cc1F)c1cccc(N)c1. The zero-order chi connectivity index (χ0) is 13.1. The molecule has 3 nitrogen and oxygen atoms in total. The van der Waals surface area contributed by atoms with E-state index in [0.717, 1.165) is 5.56 Å². The van der Waals surface area contributed by atoms with Gasteiger partial charge < -0.3 is 11.1 Å². The second-order valence-corrected chi connectivity index (χ2v) is 4.46. The lowest BCUT2D eigenvalue weighted by Crippen LogP contribution is -2.09. The molecule has 5 heteroatoms. The average Bonchev–Trinajstić information content (AvgIpc) is 2.32. The number of nitrogens with two attached hydrogens (primary N) is 1. The third-order valence-electron chi connectivity index (χ3n) is 2.57. The molecule has 1 atom stereocenters. The normalized spacial score (nSPS) is 12.2. The van der Waals surface area contributed by atoms with Gasteiger partial charge in [0, 0.05) is 11.9 Å². The van der Waals surface area contributed by atoms with Gasteiger partial charge >= 0.3 is 0 Å². The Morgan fingerprint density at radius 2 is 2.17 bits per heavy atom. The van der Waals surface area contributed by atoms with Gasteiger partial charge in [0.15, 0.2) is 11.6 Å². The number of nitrogen functional groups attached to an aromatic ring is 1. The molecule has 0 fully saturated rings. The summed E-state index contributed by atoms with van der Waals surface area (Å²) in [5.74, 6) is -0.299. The fourth-order valence-electron chi connectivity index (χ4n) is 1.64. The number of hydrogen-bond acceptors (Lipinski definition) is 3. The lowest BCUT2D eigenvalue weighted by atomic mass is 10.1. The van der Waals surface area contributed by atoms with Crippen LogP contribution in [0.15, 0.2) is 36.5 Å². The van der Waals surface area contributed by atoms with Crippen molar-refractivity contribution in [1.82, 2.24) is 4.98 Å². The minimum atomic E-state index is -0.474. The molecule has 0 aliphatic carbocycles. The zero-order valence-corrected chi connectivity index (χ0v) is 10.6. The summed E-state index contributed by atoms with van der Waals surface area (Å²) in [4.78, 5) is 3.92. The number of benzene rings is 1. The molecule has 0 aliphatic rings. The number of anilines is 2. The molecule has 1 aromatic heterocycles. The third-order valence-corrected chi connectivity index (χ3v) is 2.78. The van der Waals surface area contributed by atoms with E-state index >= 15 is 0 Å². The van der Waals surface area contributed by atoms with E-state index in [9.17, 15) is 4.39 Å². The molecule has 0 spiro atoms. The van der Waals surface area contributed by atoms with Crippen molar-refractivity contribution in [3.8, 4) is 0 Å². The Morgan fingerprint density at radius 1 is 1.39 bits per heavy atom. The maximum absolute atomic E-state index is 13.6. The maximum atomic E-state index is 13.6.